The van der Waals surface area contributed by atoms with Gasteiger partial charge in [0, 0.05) is 12.5 Å². The zero-order valence-electron chi connectivity index (χ0n) is 9.21. The molecule has 3 rings (SSSR count). The number of nitrogens with zero attached hydrogens (tertiary/aromatic N) is 3. The van der Waals surface area contributed by atoms with Crippen molar-refractivity contribution in [3.8, 4) is 0 Å². The number of aromatic nitrogens is 3. The largest absolute Gasteiger partial charge is 0.317 e. The molecule has 82 valence electrons. The van der Waals surface area contributed by atoms with Crippen LogP contribution in [0.1, 0.15) is 36.6 Å². The summed E-state index contributed by atoms with van der Waals surface area (Å²) in [7, 11) is 0. The first-order valence-corrected chi connectivity index (χ1v) is 5.88. The number of aryl methyl sites for hydroxylation is 1. The second-order valence-corrected chi connectivity index (χ2v) is 4.34. The normalized spacial score (nSPS) is 20.1. The summed E-state index contributed by atoms with van der Waals surface area (Å²) in [4.78, 5) is 0. The highest BCUT2D eigenvalue weighted by Crippen LogP contribution is 2.30. The topological polar surface area (TPSA) is 30.7 Å². The molecule has 0 spiro atoms. The van der Waals surface area contributed by atoms with Gasteiger partial charge in [0.05, 0.1) is 0 Å². The molecule has 0 aliphatic carbocycles. The lowest BCUT2D eigenvalue weighted by molar-refractivity contribution is 0.627. The van der Waals surface area contributed by atoms with Crippen molar-refractivity contribution >= 4 is 0 Å². The molecule has 1 aromatic carbocycles. The van der Waals surface area contributed by atoms with Crippen LogP contribution >= 0.6 is 0 Å². The van der Waals surface area contributed by atoms with Crippen molar-refractivity contribution in [3.05, 3.63) is 48.0 Å². The standard InChI is InChI=1S/C13H15N3/c1-2-6-11(7-3-1)12-8-4-5-9-16-10-14-15-13(12)16/h1-3,6-7,10,12H,4-5,8-9H2. The van der Waals surface area contributed by atoms with Crippen molar-refractivity contribution in [1.29, 1.82) is 0 Å². The maximum Gasteiger partial charge on any atom is 0.140 e. The molecule has 0 amide bonds. The van der Waals surface area contributed by atoms with E-state index in [-0.39, 0.29) is 0 Å². The van der Waals surface area contributed by atoms with Crippen LogP contribution in [0.2, 0.25) is 0 Å². The van der Waals surface area contributed by atoms with Crippen molar-refractivity contribution in [2.45, 2.75) is 31.7 Å². The molecule has 1 atom stereocenters. The molecule has 3 heteroatoms. The molecule has 1 aliphatic rings. The molecule has 0 bridgehead atoms. The van der Waals surface area contributed by atoms with Gasteiger partial charge in [0.2, 0.25) is 0 Å². The Morgan fingerprint density at radius 2 is 2.00 bits per heavy atom. The van der Waals surface area contributed by atoms with E-state index in [0.29, 0.717) is 5.92 Å². The molecule has 16 heavy (non-hydrogen) atoms. The van der Waals surface area contributed by atoms with Crippen molar-refractivity contribution in [2.24, 2.45) is 0 Å². The van der Waals surface area contributed by atoms with E-state index in [9.17, 15) is 0 Å². The van der Waals surface area contributed by atoms with Gasteiger partial charge in [-0.25, -0.2) is 0 Å². The van der Waals surface area contributed by atoms with Gasteiger partial charge in [-0.05, 0) is 18.4 Å². The maximum atomic E-state index is 4.29. The highest BCUT2D eigenvalue weighted by atomic mass is 15.3. The number of benzene rings is 1. The first-order valence-electron chi connectivity index (χ1n) is 5.88. The Balaban J connectivity index is 2.03. The maximum absolute atomic E-state index is 4.29. The monoisotopic (exact) mass is 213 g/mol. The highest BCUT2D eigenvalue weighted by Gasteiger charge is 2.21. The van der Waals surface area contributed by atoms with E-state index in [1.165, 1.54) is 24.8 Å². The molecular formula is C13H15N3. The minimum atomic E-state index is 0.422. The first-order chi connectivity index (χ1) is 7.95. The van der Waals surface area contributed by atoms with Gasteiger partial charge in [-0.3, -0.25) is 0 Å². The summed E-state index contributed by atoms with van der Waals surface area (Å²) in [6.45, 7) is 1.06. The third-order valence-corrected chi connectivity index (χ3v) is 3.30. The highest BCUT2D eigenvalue weighted by molar-refractivity contribution is 5.25. The third-order valence-electron chi connectivity index (χ3n) is 3.30. The van der Waals surface area contributed by atoms with Gasteiger partial charge >= 0.3 is 0 Å². The molecule has 0 fully saturated rings. The number of fused-ring (bicyclic) bond motifs is 1. The zero-order valence-corrected chi connectivity index (χ0v) is 9.21. The van der Waals surface area contributed by atoms with Crippen molar-refractivity contribution in [3.63, 3.8) is 0 Å². The summed E-state index contributed by atoms with van der Waals surface area (Å²) >= 11 is 0. The third kappa shape index (κ3) is 1.62. The molecule has 1 aliphatic heterocycles. The van der Waals surface area contributed by atoms with Crippen LogP contribution in [-0.4, -0.2) is 14.8 Å². The fourth-order valence-electron chi connectivity index (χ4n) is 2.47. The van der Waals surface area contributed by atoms with Crippen LogP contribution in [0.15, 0.2) is 36.7 Å². The summed E-state index contributed by atoms with van der Waals surface area (Å²) < 4.78 is 2.20. The van der Waals surface area contributed by atoms with E-state index in [1.54, 1.807) is 0 Å². The zero-order chi connectivity index (χ0) is 10.8. The Morgan fingerprint density at radius 3 is 2.88 bits per heavy atom. The lowest BCUT2D eigenvalue weighted by Gasteiger charge is -2.13. The SMILES string of the molecule is c1ccc(C2CCCCn3cnnc32)cc1. The summed E-state index contributed by atoms with van der Waals surface area (Å²) in [6, 6.07) is 10.6. The van der Waals surface area contributed by atoms with Gasteiger partial charge in [0.15, 0.2) is 0 Å². The van der Waals surface area contributed by atoms with Gasteiger partial charge in [0.1, 0.15) is 12.2 Å². The quantitative estimate of drug-likeness (QED) is 0.729. The van der Waals surface area contributed by atoms with Crippen LogP contribution in [0.25, 0.3) is 0 Å². The Bertz CT molecular complexity index is 461. The molecule has 1 aromatic heterocycles. The number of rotatable bonds is 1. The predicted molar refractivity (Wildman–Crippen MR) is 62.2 cm³/mol. The van der Waals surface area contributed by atoms with Gasteiger partial charge in [0.25, 0.3) is 0 Å². The van der Waals surface area contributed by atoms with Crippen LogP contribution in [0.4, 0.5) is 0 Å². The molecule has 1 unspecified atom stereocenters. The van der Waals surface area contributed by atoms with Crippen LogP contribution in [0.3, 0.4) is 0 Å². The molecule has 2 heterocycles. The van der Waals surface area contributed by atoms with Gasteiger partial charge < -0.3 is 4.57 Å². The lowest BCUT2D eigenvalue weighted by Crippen LogP contribution is -2.06. The average molecular weight is 213 g/mol. The lowest BCUT2D eigenvalue weighted by atomic mass is 9.94. The summed E-state index contributed by atoms with van der Waals surface area (Å²) in [6.07, 6.45) is 5.54. The van der Waals surface area contributed by atoms with Crippen LogP contribution in [0.5, 0.6) is 0 Å². The number of hydrogen-bond acceptors (Lipinski definition) is 2. The van der Waals surface area contributed by atoms with Crippen molar-refractivity contribution in [2.75, 3.05) is 0 Å². The second-order valence-electron chi connectivity index (χ2n) is 4.34. The molecule has 0 saturated heterocycles. The number of hydrogen-bond donors (Lipinski definition) is 0. The molecular weight excluding hydrogens is 198 g/mol. The minimum Gasteiger partial charge on any atom is -0.317 e. The van der Waals surface area contributed by atoms with Crippen LogP contribution < -0.4 is 0 Å². The molecule has 3 nitrogen and oxygen atoms in total. The average Bonchev–Trinajstić information content (AvgIpc) is 2.70. The van der Waals surface area contributed by atoms with Gasteiger partial charge in [-0.2, -0.15) is 0 Å². The predicted octanol–water partition coefficient (Wildman–Crippen LogP) is 2.59. The van der Waals surface area contributed by atoms with E-state index >= 15 is 0 Å². The fraction of sp³-hybridized carbons (Fsp3) is 0.385. The summed E-state index contributed by atoms with van der Waals surface area (Å²) in [5.41, 5.74) is 1.36. The van der Waals surface area contributed by atoms with Crippen molar-refractivity contribution in [1.82, 2.24) is 14.8 Å². The van der Waals surface area contributed by atoms with E-state index in [4.69, 9.17) is 0 Å². The Labute approximate surface area is 95.1 Å². The van der Waals surface area contributed by atoms with E-state index in [1.807, 2.05) is 6.33 Å². The fourth-order valence-corrected chi connectivity index (χ4v) is 2.47. The molecule has 2 aromatic rings. The Hall–Kier alpha value is -1.64. The van der Waals surface area contributed by atoms with Gasteiger partial charge in [-0.1, -0.05) is 36.8 Å². The second kappa shape index (κ2) is 4.08. The minimum absolute atomic E-state index is 0.422. The Morgan fingerprint density at radius 1 is 1.12 bits per heavy atom. The molecule has 0 N–H and O–H groups in total. The Kier molecular flexibility index (Phi) is 2.44. The van der Waals surface area contributed by atoms with Gasteiger partial charge in [-0.15, -0.1) is 10.2 Å². The van der Waals surface area contributed by atoms with E-state index in [2.05, 4.69) is 45.1 Å². The summed E-state index contributed by atoms with van der Waals surface area (Å²) in [5, 5.41) is 8.32. The smallest absolute Gasteiger partial charge is 0.140 e. The first kappa shape index (κ1) is 9.58. The molecule has 0 saturated carbocycles. The van der Waals surface area contributed by atoms with E-state index < -0.39 is 0 Å². The van der Waals surface area contributed by atoms with Crippen LogP contribution in [-0.2, 0) is 6.54 Å². The van der Waals surface area contributed by atoms with Crippen molar-refractivity contribution < 1.29 is 0 Å². The summed E-state index contributed by atoms with van der Waals surface area (Å²) in [5.74, 6) is 1.55. The molecule has 0 radical (unpaired) electrons. The van der Waals surface area contributed by atoms with Crippen LogP contribution in [0, 0.1) is 0 Å². The van der Waals surface area contributed by atoms with E-state index in [0.717, 1.165) is 12.4 Å².